The molecule has 3 aromatic carbocycles. The number of benzene rings is 3. The Kier molecular flexibility index (Phi) is 6.60. The Morgan fingerprint density at radius 1 is 0.562 bits per heavy atom. The third-order valence-corrected chi connectivity index (χ3v) is 5.09. The van der Waals surface area contributed by atoms with Crippen LogP contribution < -0.4 is 16.0 Å². The maximum atomic E-state index is 4.61. The van der Waals surface area contributed by atoms with E-state index in [9.17, 15) is 0 Å². The smallest absolute Gasteiger partial charge is 0.233 e. The first-order chi connectivity index (χ1) is 15.6. The highest BCUT2D eigenvalue weighted by molar-refractivity contribution is 5.62. The molecule has 4 aromatic rings. The molecule has 0 radical (unpaired) electrons. The monoisotopic (exact) mass is 424 g/mol. The van der Waals surface area contributed by atoms with E-state index in [1.54, 1.807) is 0 Å². The van der Waals surface area contributed by atoms with Crippen LogP contribution in [0.4, 0.5) is 34.9 Å². The van der Waals surface area contributed by atoms with Crippen molar-refractivity contribution in [1.29, 1.82) is 0 Å². The Balaban J connectivity index is 1.66. The van der Waals surface area contributed by atoms with E-state index in [0.717, 1.165) is 35.5 Å². The molecule has 162 valence electrons. The van der Waals surface area contributed by atoms with Gasteiger partial charge in [0.2, 0.25) is 17.8 Å². The van der Waals surface area contributed by atoms with Gasteiger partial charge in [0, 0.05) is 17.1 Å². The molecule has 0 spiro atoms. The second-order valence-electron chi connectivity index (χ2n) is 7.66. The lowest BCUT2D eigenvalue weighted by molar-refractivity contribution is 1.06. The predicted octanol–water partition coefficient (Wildman–Crippen LogP) is 6.54. The first kappa shape index (κ1) is 21.3. The zero-order valence-electron chi connectivity index (χ0n) is 18.7. The number of nitrogens with zero attached hydrogens (tertiary/aromatic N) is 3. The summed E-state index contributed by atoms with van der Waals surface area (Å²) in [6, 6.07) is 24.6. The fraction of sp³-hybridized carbons (Fsp3) is 0.192. The molecule has 32 heavy (non-hydrogen) atoms. The van der Waals surface area contributed by atoms with Gasteiger partial charge in [-0.2, -0.15) is 15.0 Å². The van der Waals surface area contributed by atoms with E-state index < -0.39 is 0 Å². The van der Waals surface area contributed by atoms with Crippen molar-refractivity contribution in [2.24, 2.45) is 0 Å². The number of hydrogen-bond donors (Lipinski definition) is 3. The van der Waals surface area contributed by atoms with Crippen LogP contribution in [0.2, 0.25) is 0 Å². The van der Waals surface area contributed by atoms with Crippen molar-refractivity contribution >= 4 is 34.9 Å². The predicted molar refractivity (Wildman–Crippen MR) is 132 cm³/mol. The Bertz CT molecular complexity index is 1140. The molecule has 0 saturated carbocycles. The molecule has 1 heterocycles. The van der Waals surface area contributed by atoms with Gasteiger partial charge in [-0.25, -0.2) is 0 Å². The average Bonchev–Trinajstić information content (AvgIpc) is 2.79. The van der Waals surface area contributed by atoms with E-state index in [-0.39, 0.29) is 0 Å². The van der Waals surface area contributed by atoms with Crippen molar-refractivity contribution in [3.05, 3.63) is 89.5 Å². The van der Waals surface area contributed by atoms with Crippen LogP contribution in [0.25, 0.3) is 0 Å². The van der Waals surface area contributed by atoms with Crippen molar-refractivity contribution in [1.82, 2.24) is 15.0 Å². The third-order valence-electron chi connectivity index (χ3n) is 5.09. The maximum Gasteiger partial charge on any atom is 0.233 e. The molecule has 6 heteroatoms. The normalized spacial score (nSPS) is 10.6. The summed E-state index contributed by atoms with van der Waals surface area (Å²) < 4.78 is 0. The minimum Gasteiger partial charge on any atom is -0.324 e. The lowest BCUT2D eigenvalue weighted by Gasteiger charge is -2.12. The van der Waals surface area contributed by atoms with Gasteiger partial charge in [0.25, 0.3) is 0 Å². The first-order valence-electron chi connectivity index (χ1n) is 10.9. The molecule has 0 bridgehead atoms. The molecule has 0 aliphatic carbocycles. The molecule has 0 aliphatic rings. The molecule has 1 aromatic heterocycles. The highest BCUT2D eigenvalue weighted by Crippen LogP contribution is 2.22. The summed E-state index contributed by atoms with van der Waals surface area (Å²) in [4.78, 5) is 13.8. The van der Waals surface area contributed by atoms with Gasteiger partial charge in [0.1, 0.15) is 0 Å². The van der Waals surface area contributed by atoms with Crippen LogP contribution in [0.3, 0.4) is 0 Å². The Morgan fingerprint density at radius 2 is 0.969 bits per heavy atom. The summed E-state index contributed by atoms with van der Waals surface area (Å²) in [5.41, 5.74) is 6.46. The van der Waals surface area contributed by atoms with Gasteiger partial charge in [0.05, 0.1) is 0 Å². The van der Waals surface area contributed by atoms with Gasteiger partial charge in [-0.3, -0.25) is 0 Å². The van der Waals surface area contributed by atoms with Gasteiger partial charge >= 0.3 is 0 Å². The number of hydrogen-bond acceptors (Lipinski definition) is 6. The fourth-order valence-electron chi connectivity index (χ4n) is 3.39. The molecule has 0 aliphatic heterocycles. The number of anilines is 6. The zero-order valence-corrected chi connectivity index (χ0v) is 18.7. The Morgan fingerprint density at radius 3 is 1.38 bits per heavy atom. The minimum atomic E-state index is 0.467. The van der Waals surface area contributed by atoms with Crippen LogP contribution in [0.5, 0.6) is 0 Å². The SMILES string of the molecule is CCc1cccc(Nc2nc(Nc3cccc(C)c3)nc(Nc3cccc(CC)c3)n2)c1. The van der Waals surface area contributed by atoms with Crippen molar-refractivity contribution in [3.8, 4) is 0 Å². The molecule has 3 N–H and O–H groups in total. The largest absolute Gasteiger partial charge is 0.324 e. The average molecular weight is 425 g/mol. The quantitative estimate of drug-likeness (QED) is 0.298. The number of aromatic nitrogens is 3. The summed E-state index contributed by atoms with van der Waals surface area (Å²) in [5.74, 6) is 1.41. The van der Waals surface area contributed by atoms with Crippen LogP contribution in [-0.4, -0.2) is 15.0 Å². The highest BCUT2D eigenvalue weighted by Gasteiger charge is 2.09. The van der Waals surface area contributed by atoms with Crippen LogP contribution >= 0.6 is 0 Å². The third kappa shape index (κ3) is 5.60. The minimum absolute atomic E-state index is 0.467. The number of rotatable bonds is 8. The lowest BCUT2D eigenvalue weighted by Crippen LogP contribution is -2.07. The summed E-state index contributed by atoms with van der Waals surface area (Å²) in [6.45, 7) is 6.33. The summed E-state index contributed by atoms with van der Waals surface area (Å²) in [6.07, 6.45) is 1.93. The molecule has 0 amide bonds. The Labute approximate surface area is 189 Å². The molecule has 0 saturated heterocycles. The fourth-order valence-corrected chi connectivity index (χ4v) is 3.39. The van der Waals surface area contributed by atoms with Crippen molar-refractivity contribution < 1.29 is 0 Å². The van der Waals surface area contributed by atoms with E-state index in [1.165, 1.54) is 11.1 Å². The topological polar surface area (TPSA) is 74.8 Å². The maximum absolute atomic E-state index is 4.61. The second kappa shape index (κ2) is 9.92. The van der Waals surface area contributed by atoms with Gasteiger partial charge in [-0.05, 0) is 72.9 Å². The van der Waals surface area contributed by atoms with E-state index in [4.69, 9.17) is 0 Å². The number of nitrogens with one attached hydrogen (secondary N) is 3. The van der Waals surface area contributed by atoms with Crippen LogP contribution in [-0.2, 0) is 12.8 Å². The molecule has 0 atom stereocenters. The standard InChI is InChI=1S/C26H28N6/c1-4-19-10-7-13-22(16-19)28-25-30-24(27-21-12-6-9-18(3)15-21)31-26(32-25)29-23-14-8-11-20(5-2)17-23/h6-17H,4-5H2,1-3H3,(H3,27,28,29,30,31,32). The molecule has 0 unspecified atom stereocenters. The molecule has 4 rings (SSSR count). The van der Waals surface area contributed by atoms with Crippen LogP contribution in [0.1, 0.15) is 30.5 Å². The summed E-state index contributed by atoms with van der Waals surface area (Å²) in [7, 11) is 0. The van der Waals surface area contributed by atoms with E-state index in [0.29, 0.717) is 17.8 Å². The van der Waals surface area contributed by atoms with Crippen molar-refractivity contribution in [3.63, 3.8) is 0 Å². The Hall–Kier alpha value is -3.93. The summed E-state index contributed by atoms with van der Waals surface area (Å²) >= 11 is 0. The van der Waals surface area contributed by atoms with Crippen molar-refractivity contribution in [2.45, 2.75) is 33.6 Å². The highest BCUT2D eigenvalue weighted by atomic mass is 15.3. The van der Waals surface area contributed by atoms with Gasteiger partial charge in [-0.15, -0.1) is 0 Å². The second-order valence-corrected chi connectivity index (χ2v) is 7.66. The zero-order chi connectivity index (χ0) is 22.3. The summed E-state index contributed by atoms with van der Waals surface area (Å²) in [5, 5.41) is 9.95. The molecule has 0 fully saturated rings. The van der Waals surface area contributed by atoms with Gasteiger partial charge in [-0.1, -0.05) is 50.2 Å². The van der Waals surface area contributed by atoms with Gasteiger partial charge in [0.15, 0.2) is 0 Å². The van der Waals surface area contributed by atoms with Gasteiger partial charge < -0.3 is 16.0 Å². The molecular formula is C26H28N6. The lowest BCUT2D eigenvalue weighted by atomic mass is 10.1. The van der Waals surface area contributed by atoms with E-state index in [2.05, 4.69) is 88.1 Å². The molecular weight excluding hydrogens is 396 g/mol. The van der Waals surface area contributed by atoms with Crippen LogP contribution in [0.15, 0.2) is 72.8 Å². The van der Waals surface area contributed by atoms with E-state index >= 15 is 0 Å². The van der Waals surface area contributed by atoms with Crippen LogP contribution in [0, 0.1) is 6.92 Å². The first-order valence-corrected chi connectivity index (χ1v) is 10.9. The molecule has 6 nitrogen and oxygen atoms in total. The van der Waals surface area contributed by atoms with Crippen molar-refractivity contribution in [2.75, 3.05) is 16.0 Å². The number of aryl methyl sites for hydroxylation is 3. The van der Waals surface area contributed by atoms with E-state index in [1.807, 2.05) is 36.4 Å².